The van der Waals surface area contributed by atoms with Crippen molar-refractivity contribution in [1.82, 2.24) is 10.2 Å². The molecular weight excluding hydrogens is 228 g/mol. The second-order valence-electron chi connectivity index (χ2n) is 5.71. The molecule has 1 heterocycles. The molecule has 2 unspecified atom stereocenters. The Labute approximate surface area is 110 Å². The number of carboxylic acids is 1. The van der Waals surface area contributed by atoms with Crippen LogP contribution in [0.3, 0.4) is 0 Å². The van der Waals surface area contributed by atoms with Crippen LogP contribution in [0.15, 0.2) is 0 Å². The highest BCUT2D eigenvalue weighted by atomic mass is 16.4. The number of carbonyl (C=O) groups is 1. The summed E-state index contributed by atoms with van der Waals surface area (Å²) < 4.78 is 0. The molecule has 2 N–H and O–H groups in total. The maximum Gasteiger partial charge on any atom is 0.320 e. The smallest absolute Gasteiger partial charge is 0.320 e. The van der Waals surface area contributed by atoms with E-state index in [0.29, 0.717) is 12.1 Å². The van der Waals surface area contributed by atoms with E-state index >= 15 is 0 Å². The summed E-state index contributed by atoms with van der Waals surface area (Å²) in [6, 6.07) is 0.858. The predicted octanol–water partition coefficient (Wildman–Crippen LogP) is 1.85. The Morgan fingerprint density at radius 1 is 1.39 bits per heavy atom. The summed E-state index contributed by atoms with van der Waals surface area (Å²) in [6.07, 6.45) is 7.84. The van der Waals surface area contributed by atoms with Crippen molar-refractivity contribution in [3.63, 3.8) is 0 Å². The van der Waals surface area contributed by atoms with Crippen molar-refractivity contribution in [2.45, 2.75) is 70.0 Å². The molecule has 2 fully saturated rings. The minimum atomic E-state index is -0.643. The molecule has 0 radical (unpaired) electrons. The summed E-state index contributed by atoms with van der Waals surface area (Å²) in [5.74, 6) is -0.643. The number of aliphatic carboxylic acids is 1. The molecule has 1 aliphatic heterocycles. The molecule has 0 bridgehead atoms. The van der Waals surface area contributed by atoms with Crippen LogP contribution in [0, 0.1) is 0 Å². The van der Waals surface area contributed by atoms with Gasteiger partial charge in [0.2, 0.25) is 0 Å². The van der Waals surface area contributed by atoms with E-state index in [1.54, 1.807) is 0 Å². The molecule has 0 aromatic rings. The van der Waals surface area contributed by atoms with Gasteiger partial charge in [-0.1, -0.05) is 19.8 Å². The lowest BCUT2D eigenvalue weighted by Crippen LogP contribution is -2.53. The van der Waals surface area contributed by atoms with Crippen LogP contribution >= 0.6 is 0 Å². The molecule has 18 heavy (non-hydrogen) atoms. The van der Waals surface area contributed by atoms with Gasteiger partial charge < -0.3 is 10.4 Å². The Hall–Kier alpha value is -0.610. The van der Waals surface area contributed by atoms with Crippen LogP contribution < -0.4 is 5.32 Å². The molecule has 2 aliphatic rings. The molecule has 2 atom stereocenters. The Morgan fingerprint density at radius 2 is 2.17 bits per heavy atom. The number of likely N-dealkylation sites (tertiary alicyclic amines) is 1. The first-order chi connectivity index (χ1) is 8.72. The second kappa shape index (κ2) is 6.53. The van der Waals surface area contributed by atoms with Crippen molar-refractivity contribution < 1.29 is 9.90 Å². The van der Waals surface area contributed by atoms with Gasteiger partial charge in [-0.25, -0.2) is 0 Å². The van der Waals surface area contributed by atoms with Crippen LogP contribution in [0.4, 0.5) is 0 Å². The number of rotatable bonds is 7. The largest absolute Gasteiger partial charge is 0.480 e. The SMILES string of the molecule is CCCC(C(=O)O)N1CCCCC1CNC1CC1. The molecule has 1 aliphatic carbocycles. The van der Waals surface area contributed by atoms with Gasteiger partial charge in [-0.2, -0.15) is 0 Å². The van der Waals surface area contributed by atoms with E-state index < -0.39 is 5.97 Å². The Bertz CT molecular complexity index is 279. The lowest BCUT2D eigenvalue weighted by atomic mass is 9.97. The zero-order valence-electron chi connectivity index (χ0n) is 11.4. The lowest BCUT2D eigenvalue weighted by Gasteiger charge is -2.39. The summed E-state index contributed by atoms with van der Waals surface area (Å²) in [4.78, 5) is 13.7. The average molecular weight is 254 g/mol. The maximum absolute atomic E-state index is 11.4. The molecule has 0 spiro atoms. The Balaban J connectivity index is 1.92. The molecule has 1 saturated carbocycles. The van der Waals surface area contributed by atoms with Crippen LogP contribution in [-0.2, 0) is 4.79 Å². The number of piperidine rings is 1. The molecule has 0 aromatic heterocycles. The normalized spacial score (nSPS) is 27.1. The van der Waals surface area contributed by atoms with E-state index in [1.165, 1.54) is 19.3 Å². The zero-order valence-corrected chi connectivity index (χ0v) is 11.4. The summed E-state index contributed by atoms with van der Waals surface area (Å²) in [7, 11) is 0. The molecule has 1 saturated heterocycles. The van der Waals surface area contributed by atoms with Gasteiger partial charge in [0.05, 0.1) is 0 Å². The maximum atomic E-state index is 11.4. The van der Waals surface area contributed by atoms with Crippen molar-refractivity contribution >= 4 is 5.97 Å². The van der Waals surface area contributed by atoms with Gasteiger partial charge in [0.25, 0.3) is 0 Å². The molecule has 0 aromatic carbocycles. The molecule has 4 heteroatoms. The van der Waals surface area contributed by atoms with Gasteiger partial charge in [-0.15, -0.1) is 0 Å². The second-order valence-corrected chi connectivity index (χ2v) is 5.71. The highest BCUT2D eigenvalue weighted by Crippen LogP contribution is 2.24. The summed E-state index contributed by atoms with van der Waals surface area (Å²) in [5, 5.41) is 13.0. The summed E-state index contributed by atoms with van der Waals surface area (Å²) in [6.45, 7) is 3.99. The van der Waals surface area contributed by atoms with Crippen LogP contribution in [0.5, 0.6) is 0 Å². The first-order valence-electron chi connectivity index (χ1n) is 7.44. The van der Waals surface area contributed by atoms with Gasteiger partial charge in [-0.3, -0.25) is 9.69 Å². The quantitative estimate of drug-likeness (QED) is 0.728. The molecule has 104 valence electrons. The van der Waals surface area contributed by atoms with Crippen molar-refractivity contribution in [2.24, 2.45) is 0 Å². The predicted molar refractivity (Wildman–Crippen MR) is 71.7 cm³/mol. The van der Waals surface area contributed by atoms with Gasteiger partial charge in [0.1, 0.15) is 6.04 Å². The van der Waals surface area contributed by atoms with Crippen LogP contribution in [0.25, 0.3) is 0 Å². The van der Waals surface area contributed by atoms with E-state index in [-0.39, 0.29) is 6.04 Å². The van der Waals surface area contributed by atoms with Crippen LogP contribution in [0.2, 0.25) is 0 Å². The molecule has 4 nitrogen and oxygen atoms in total. The van der Waals surface area contributed by atoms with E-state index in [0.717, 1.165) is 38.8 Å². The zero-order chi connectivity index (χ0) is 13.0. The van der Waals surface area contributed by atoms with Crippen molar-refractivity contribution in [3.8, 4) is 0 Å². The first kappa shape index (κ1) is 13.8. The van der Waals surface area contributed by atoms with Crippen LogP contribution in [-0.4, -0.2) is 47.2 Å². The standard InChI is InChI=1S/C14H26N2O2/c1-2-5-13(14(17)18)16-9-4-3-6-12(16)10-15-11-7-8-11/h11-13,15H,2-10H2,1H3,(H,17,18). The number of hydrogen-bond acceptors (Lipinski definition) is 3. The molecule has 2 rings (SSSR count). The van der Waals surface area contributed by atoms with Gasteiger partial charge in [0, 0.05) is 18.6 Å². The molecular formula is C14H26N2O2. The molecule has 0 amide bonds. The minimum absolute atomic E-state index is 0.277. The number of nitrogens with one attached hydrogen (secondary N) is 1. The topological polar surface area (TPSA) is 52.6 Å². The number of nitrogens with zero attached hydrogens (tertiary/aromatic N) is 1. The van der Waals surface area contributed by atoms with Gasteiger partial charge in [-0.05, 0) is 38.6 Å². The monoisotopic (exact) mass is 254 g/mol. The van der Waals surface area contributed by atoms with Crippen molar-refractivity contribution in [3.05, 3.63) is 0 Å². The van der Waals surface area contributed by atoms with E-state index in [1.807, 2.05) is 0 Å². The third-order valence-electron chi connectivity index (χ3n) is 4.14. The third kappa shape index (κ3) is 3.69. The van der Waals surface area contributed by atoms with E-state index in [4.69, 9.17) is 0 Å². The minimum Gasteiger partial charge on any atom is -0.480 e. The highest BCUT2D eigenvalue weighted by molar-refractivity contribution is 5.73. The number of hydrogen-bond donors (Lipinski definition) is 2. The van der Waals surface area contributed by atoms with E-state index in [2.05, 4.69) is 17.1 Å². The van der Waals surface area contributed by atoms with Gasteiger partial charge >= 0.3 is 5.97 Å². The lowest BCUT2D eigenvalue weighted by molar-refractivity contribution is -0.145. The van der Waals surface area contributed by atoms with Crippen molar-refractivity contribution in [1.29, 1.82) is 0 Å². The average Bonchev–Trinajstić information content (AvgIpc) is 3.18. The van der Waals surface area contributed by atoms with Crippen LogP contribution in [0.1, 0.15) is 51.9 Å². The summed E-state index contributed by atoms with van der Waals surface area (Å²) >= 11 is 0. The fourth-order valence-electron chi connectivity index (χ4n) is 2.95. The first-order valence-corrected chi connectivity index (χ1v) is 7.44. The fraction of sp³-hybridized carbons (Fsp3) is 0.929. The fourth-order valence-corrected chi connectivity index (χ4v) is 2.95. The van der Waals surface area contributed by atoms with Crippen molar-refractivity contribution in [2.75, 3.05) is 13.1 Å². The van der Waals surface area contributed by atoms with Gasteiger partial charge in [0.15, 0.2) is 0 Å². The highest BCUT2D eigenvalue weighted by Gasteiger charge is 2.33. The Kier molecular flexibility index (Phi) is 5.01. The summed E-state index contributed by atoms with van der Waals surface area (Å²) in [5.41, 5.74) is 0. The third-order valence-corrected chi connectivity index (χ3v) is 4.14. The Morgan fingerprint density at radius 3 is 2.78 bits per heavy atom. The number of carboxylic acid groups (broad SMARTS) is 1. The van der Waals surface area contributed by atoms with E-state index in [9.17, 15) is 9.90 Å².